The molecule has 0 N–H and O–H groups in total. The van der Waals surface area contributed by atoms with Crippen molar-refractivity contribution < 1.29 is 35.9 Å². The monoisotopic (exact) mass is 1000 g/mol. The Balaban J connectivity index is 0.662. The van der Waals surface area contributed by atoms with Crippen LogP contribution in [0.5, 0.6) is 0 Å². The van der Waals surface area contributed by atoms with Crippen LogP contribution in [-0.2, 0) is 29.1 Å². The van der Waals surface area contributed by atoms with Crippen molar-refractivity contribution in [3.8, 4) is 22.3 Å². The fourth-order valence-corrected chi connectivity index (χ4v) is 13.7. The minimum absolute atomic E-state index is 0.0475. The molecule has 6 aromatic rings. The van der Waals surface area contributed by atoms with E-state index in [0.717, 1.165) is 119 Å². The van der Waals surface area contributed by atoms with Crippen molar-refractivity contribution in [2.75, 3.05) is 46.2 Å². The standard InChI is InChI=1S/C58H58N4O8S2/c63-57(41-27-29-51-53(37-41)47-23-13-15-25-49(47)55(51)59-61(43-19-9-7-10-20-43)45-31-35-71(65,66)39-45)69-33-17-5-3-1-2-4-6-18-34-70-58(64)42-28-30-52-54(38-42)48-24-14-16-26-50(48)56(52)60-62(44-21-11-8-12-22-44)46-32-36-72(67,68)40-46/h7-16,19-30,37-38,45-46H,1-6,17-18,31-36,39-40H2/b59-55+,60-56+. The molecule has 4 aliphatic rings. The summed E-state index contributed by atoms with van der Waals surface area (Å²) in [7, 11) is -6.30. The van der Waals surface area contributed by atoms with E-state index in [9.17, 15) is 26.4 Å². The number of para-hydroxylation sites is 2. The van der Waals surface area contributed by atoms with E-state index >= 15 is 0 Å². The molecule has 10 rings (SSSR count). The molecular weight excluding hydrogens is 945 g/mol. The fourth-order valence-electron chi connectivity index (χ4n) is 10.3. The fraction of sp³-hybridized carbons (Fsp3) is 0.310. The Labute approximate surface area is 422 Å². The Morgan fingerprint density at radius 3 is 1.15 bits per heavy atom. The summed E-state index contributed by atoms with van der Waals surface area (Å²) in [5.41, 5.74) is 11.4. The lowest BCUT2D eigenvalue weighted by molar-refractivity contribution is 0.0487. The Morgan fingerprint density at radius 1 is 0.431 bits per heavy atom. The van der Waals surface area contributed by atoms with Crippen LogP contribution in [0.1, 0.15) is 107 Å². The molecule has 370 valence electrons. The van der Waals surface area contributed by atoms with Gasteiger partial charge in [0.05, 0.1) is 82.2 Å². The molecule has 0 bridgehead atoms. The zero-order valence-electron chi connectivity index (χ0n) is 40.2. The lowest BCUT2D eigenvalue weighted by Gasteiger charge is -2.26. The molecule has 0 aromatic heterocycles. The van der Waals surface area contributed by atoms with E-state index in [1.807, 2.05) is 143 Å². The number of carbonyl (C=O) groups excluding carboxylic acids is 2. The van der Waals surface area contributed by atoms with Gasteiger partial charge in [-0.15, -0.1) is 0 Å². The van der Waals surface area contributed by atoms with Gasteiger partial charge in [-0.3, -0.25) is 10.0 Å². The number of unbranched alkanes of at least 4 members (excludes halogenated alkanes) is 7. The van der Waals surface area contributed by atoms with Gasteiger partial charge < -0.3 is 9.47 Å². The molecule has 2 unspecified atom stereocenters. The highest BCUT2D eigenvalue weighted by molar-refractivity contribution is 7.92. The van der Waals surface area contributed by atoms with Crippen LogP contribution in [-0.4, -0.2) is 88.5 Å². The second-order valence-corrected chi connectivity index (χ2v) is 23.5. The maximum atomic E-state index is 13.3. The molecule has 6 aromatic carbocycles. The third-order valence-electron chi connectivity index (χ3n) is 14.0. The number of esters is 2. The minimum Gasteiger partial charge on any atom is -0.462 e. The highest BCUT2D eigenvalue weighted by Gasteiger charge is 2.36. The topological polar surface area (TPSA) is 152 Å². The van der Waals surface area contributed by atoms with Crippen LogP contribution in [0, 0.1) is 0 Å². The molecule has 12 nitrogen and oxygen atoms in total. The third-order valence-corrected chi connectivity index (χ3v) is 17.5. The molecule has 2 saturated heterocycles. The number of rotatable bonds is 19. The maximum Gasteiger partial charge on any atom is 0.338 e. The zero-order valence-corrected chi connectivity index (χ0v) is 41.8. The third kappa shape index (κ3) is 10.8. The summed E-state index contributed by atoms with van der Waals surface area (Å²) in [5.74, 6) is -0.354. The van der Waals surface area contributed by atoms with Gasteiger partial charge in [0, 0.05) is 22.3 Å². The van der Waals surface area contributed by atoms with Crippen LogP contribution >= 0.6 is 0 Å². The van der Waals surface area contributed by atoms with Crippen LogP contribution in [0.2, 0.25) is 0 Å². The van der Waals surface area contributed by atoms with Gasteiger partial charge >= 0.3 is 11.9 Å². The minimum atomic E-state index is -3.15. The molecule has 2 atom stereocenters. The largest absolute Gasteiger partial charge is 0.462 e. The van der Waals surface area contributed by atoms with Crippen LogP contribution in [0.4, 0.5) is 11.4 Å². The van der Waals surface area contributed by atoms with Crippen LogP contribution in [0.25, 0.3) is 22.3 Å². The number of ether oxygens (including phenoxy) is 2. The van der Waals surface area contributed by atoms with Crippen LogP contribution < -0.4 is 10.0 Å². The number of fused-ring (bicyclic) bond motifs is 6. The molecule has 0 saturated carbocycles. The van der Waals surface area contributed by atoms with Crippen molar-refractivity contribution in [2.24, 2.45) is 10.2 Å². The molecule has 2 heterocycles. The quantitative estimate of drug-likeness (QED) is 0.0435. The van der Waals surface area contributed by atoms with Crippen molar-refractivity contribution in [1.29, 1.82) is 0 Å². The van der Waals surface area contributed by atoms with Gasteiger partial charge in [-0.05, 0) is 96.5 Å². The number of sulfone groups is 2. The van der Waals surface area contributed by atoms with Gasteiger partial charge in [-0.2, -0.15) is 10.2 Å². The molecule has 2 aliphatic heterocycles. The number of nitrogens with zero attached hydrogens (tertiary/aromatic N) is 4. The first-order chi connectivity index (χ1) is 35.0. The van der Waals surface area contributed by atoms with Crippen molar-refractivity contribution >= 4 is 54.4 Å². The number of hydrazone groups is 2. The van der Waals surface area contributed by atoms with Crippen molar-refractivity contribution in [2.45, 2.75) is 76.3 Å². The second kappa shape index (κ2) is 21.4. The summed E-state index contributed by atoms with van der Waals surface area (Å²) in [4.78, 5) is 26.6. The van der Waals surface area contributed by atoms with Crippen molar-refractivity contribution in [3.63, 3.8) is 0 Å². The van der Waals surface area contributed by atoms with E-state index < -0.39 is 19.7 Å². The summed E-state index contributed by atoms with van der Waals surface area (Å²) in [6.45, 7) is 0.682. The van der Waals surface area contributed by atoms with E-state index in [4.69, 9.17) is 19.7 Å². The number of benzene rings is 6. The highest BCUT2D eigenvalue weighted by Crippen LogP contribution is 2.41. The van der Waals surface area contributed by atoms with Gasteiger partial charge in [0.25, 0.3) is 0 Å². The molecule has 72 heavy (non-hydrogen) atoms. The number of hydrogen-bond acceptors (Lipinski definition) is 12. The van der Waals surface area contributed by atoms with Crippen LogP contribution in [0.15, 0.2) is 156 Å². The molecular formula is C58H58N4O8S2. The Kier molecular flexibility index (Phi) is 14.5. The van der Waals surface area contributed by atoms with Crippen LogP contribution in [0.3, 0.4) is 0 Å². The first kappa shape index (κ1) is 48.7. The molecule has 0 radical (unpaired) electrons. The first-order valence-corrected chi connectivity index (χ1v) is 28.8. The average Bonchev–Trinajstić information content (AvgIpc) is 4.14. The van der Waals surface area contributed by atoms with Gasteiger partial charge in [0.1, 0.15) is 0 Å². The lowest BCUT2D eigenvalue weighted by atomic mass is 10.0. The predicted molar refractivity (Wildman–Crippen MR) is 284 cm³/mol. The zero-order chi connectivity index (χ0) is 49.7. The molecule has 2 aliphatic carbocycles. The lowest BCUT2D eigenvalue weighted by Crippen LogP contribution is -2.33. The van der Waals surface area contributed by atoms with Crippen molar-refractivity contribution in [3.05, 3.63) is 179 Å². The van der Waals surface area contributed by atoms with E-state index in [-0.39, 0.29) is 47.0 Å². The summed E-state index contributed by atoms with van der Waals surface area (Å²) in [6, 6.07) is 45.9. The number of anilines is 2. The van der Waals surface area contributed by atoms with E-state index in [2.05, 4.69) is 0 Å². The Morgan fingerprint density at radius 2 is 0.778 bits per heavy atom. The van der Waals surface area contributed by atoms with E-state index in [1.54, 1.807) is 12.1 Å². The van der Waals surface area contributed by atoms with Gasteiger partial charge in [-0.1, -0.05) is 136 Å². The van der Waals surface area contributed by atoms with Gasteiger partial charge in [0.15, 0.2) is 19.7 Å². The maximum absolute atomic E-state index is 13.3. The second-order valence-electron chi connectivity index (χ2n) is 19.1. The first-order valence-electron chi connectivity index (χ1n) is 25.1. The highest BCUT2D eigenvalue weighted by atomic mass is 32.2. The van der Waals surface area contributed by atoms with Gasteiger partial charge in [-0.25, -0.2) is 26.4 Å². The Hall–Kier alpha value is -6.90. The predicted octanol–water partition coefficient (Wildman–Crippen LogP) is 10.7. The normalized spacial score (nSPS) is 18.8. The molecule has 14 heteroatoms. The van der Waals surface area contributed by atoms with Crippen molar-refractivity contribution in [1.82, 2.24) is 0 Å². The summed E-state index contributed by atoms with van der Waals surface area (Å²) >= 11 is 0. The average molecular weight is 1000 g/mol. The van der Waals surface area contributed by atoms with E-state index in [1.165, 1.54) is 0 Å². The number of carbonyl (C=O) groups is 2. The van der Waals surface area contributed by atoms with Gasteiger partial charge in [0.2, 0.25) is 0 Å². The SMILES string of the molecule is O=C(OCCCCCCCCCCOC(=O)c1ccc2c(c1)-c1ccccc1/C2=N\N(c1ccccc1)C1CCS(=O)(=O)C1)c1ccc2c(c1)-c1ccccc1/C2=N\N(c1ccccc1)C1CCS(=O)(=O)C1. The Bertz CT molecular complexity index is 3050. The number of hydrogen-bond donors (Lipinski definition) is 0. The summed E-state index contributed by atoms with van der Waals surface area (Å²) in [5, 5.41) is 14.0. The smallest absolute Gasteiger partial charge is 0.338 e. The summed E-state index contributed by atoms with van der Waals surface area (Å²) in [6.07, 6.45) is 8.70. The van der Waals surface area contributed by atoms with E-state index in [0.29, 0.717) is 37.2 Å². The molecule has 0 amide bonds. The summed E-state index contributed by atoms with van der Waals surface area (Å²) < 4.78 is 61.6. The molecule has 0 spiro atoms. The molecule has 2 fully saturated rings.